The summed E-state index contributed by atoms with van der Waals surface area (Å²) in [6, 6.07) is 3.98. The largest absolute Gasteiger partial charge is 0.548 e. The Kier molecular flexibility index (Phi) is 4.62. The number of amides is 1. The Morgan fingerprint density at radius 3 is 2.81 bits per heavy atom. The Balaban J connectivity index is 2.39. The standard InChI is InChI=1S/C14H17NO5S/c1-3-20-11-6-4-5-9(12(11)17)13-15(8(2)16)10(7-21-13)14(18)19/h4-6,10,13,17H,3,7H2,1-2H3,(H,18,19)/p-1/t10-,13-/m1/s1. The molecule has 0 unspecified atom stereocenters. The summed E-state index contributed by atoms with van der Waals surface area (Å²) in [7, 11) is 0. The summed E-state index contributed by atoms with van der Waals surface area (Å²) in [5.41, 5.74) is 0.463. The first-order chi connectivity index (χ1) is 9.97. The average Bonchev–Trinajstić information content (AvgIpc) is 2.86. The summed E-state index contributed by atoms with van der Waals surface area (Å²) in [4.78, 5) is 24.1. The van der Waals surface area contributed by atoms with Crippen molar-refractivity contribution in [3.05, 3.63) is 23.8 Å². The number of rotatable bonds is 4. The predicted molar refractivity (Wildman–Crippen MR) is 75.8 cm³/mol. The van der Waals surface area contributed by atoms with Crippen molar-refractivity contribution in [2.75, 3.05) is 12.4 Å². The number of thioether (sulfide) groups is 1. The van der Waals surface area contributed by atoms with Crippen LogP contribution in [0.15, 0.2) is 18.2 Å². The molecule has 1 aromatic carbocycles. The highest BCUT2D eigenvalue weighted by Crippen LogP contribution is 2.46. The molecule has 2 rings (SSSR count). The summed E-state index contributed by atoms with van der Waals surface area (Å²) >= 11 is 1.28. The van der Waals surface area contributed by atoms with Gasteiger partial charge in [-0.25, -0.2) is 0 Å². The minimum atomic E-state index is -1.29. The van der Waals surface area contributed by atoms with Crippen LogP contribution in [-0.2, 0) is 9.59 Å². The van der Waals surface area contributed by atoms with Crippen LogP contribution < -0.4 is 9.84 Å². The van der Waals surface area contributed by atoms with E-state index in [0.717, 1.165) is 0 Å². The first-order valence-electron chi connectivity index (χ1n) is 6.53. The van der Waals surface area contributed by atoms with Crippen LogP contribution in [0.1, 0.15) is 24.8 Å². The predicted octanol–water partition coefficient (Wildman–Crippen LogP) is 0.503. The van der Waals surface area contributed by atoms with Crippen LogP contribution in [0.3, 0.4) is 0 Å². The van der Waals surface area contributed by atoms with Crippen molar-refractivity contribution in [2.24, 2.45) is 0 Å². The molecular formula is C14H16NO5S-. The van der Waals surface area contributed by atoms with Gasteiger partial charge in [-0.2, -0.15) is 0 Å². The molecule has 0 saturated carbocycles. The van der Waals surface area contributed by atoms with E-state index in [4.69, 9.17) is 4.74 Å². The summed E-state index contributed by atoms with van der Waals surface area (Å²) < 4.78 is 5.32. The number of carboxylic acid groups (broad SMARTS) is 1. The zero-order chi connectivity index (χ0) is 15.6. The van der Waals surface area contributed by atoms with Crippen LogP contribution in [0.5, 0.6) is 11.5 Å². The SMILES string of the molecule is CCOc1cccc([C@H]2SC[C@H](C(=O)[O-])N2C(C)=O)c1O. The fourth-order valence-electron chi connectivity index (χ4n) is 2.32. The number of aromatic hydroxyl groups is 1. The van der Waals surface area contributed by atoms with Crippen molar-refractivity contribution < 1.29 is 24.5 Å². The summed E-state index contributed by atoms with van der Waals surface area (Å²) in [5, 5.41) is 20.8. The fourth-order valence-corrected chi connectivity index (χ4v) is 3.81. The monoisotopic (exact) mass is 310 g/mol. The second-order valence-electron chi connectivity index (χ2n) is 4.57. The number of phenols is 1. The first-order valence-corrected chi connectivity index (χ1v) is 7.58. The van der Waals surface area contributed by atoms with E-state index >= 15 is 0 Å². The molecule has 1 amide bonds. The molecule has 1 aliphatic rings. The number of para-hydroxylation sites is 1. The number of benzene rings is 1. The van der Waals surface area contributed by atoms with Crippen molar-refractivity contribution >= 4 is 23.6 Å². The molecule has 1 heterocycles. The Labute approximate surface area is 126 Å². The number of hydrogen-bond donors (Lipinski definition) is 1. The number of phenolic OH excluding ortho intramolecular Hbond substituents is 1. The molecule has 0 radical (unpaired) electrons. The van der Waals surface area contributed by atoms with Gasteiger partial charge in [-0.05, 0) is 13.0 Å². The molecule has 1 N–H and O–H groups in total. The zero-order valence-corrected chi connectivity index (χ0v) is 12.6. The molecule has 1 aliphatic heterocycles. The summed E-state index contributed by atoms with van der Waals surface area (Å²) in [6.45, 7) is 3.50. The third-order valence-electron chi connectivity index (χ3n) is 3.23. The highest BCUT2D eigenvalue weighted by Gasteiger charge is 2.39. The molecule has 114 valence electrons. The molecule has 7 heteroatoms. The van der Waals surface area contributed by atoms with E-state index < -0.39 is 17.4 Å². The lowest BCUT2D eigenvalue weighted by atomic mass is 10.1. The van der Waals surface area contributed by atoms with Crippen molar-refractivity contribution in [1.29, 1.82) is 0 Å². The third kappa shape index (κ3) is 2.92. The molecule has 1 aromatic rings. The van der Waals surface area contributed by atoms with Gasteiger partial charge in [-0.3, -0.25) is 4.79 Å². The van der Waals surface area contributed by atoms with Crippen molar-refractivity contribution in [3.8, 4) is 11.5 Å². The lowest BCUT2D eigenvalue weighted by molar-refractivity contribution is -0.310. The maximum absolute atomic E-state index is 11.8. The van der Waals surface area contributed by atoms with Crippen LogP contribution in [0, 0.1) is 0 Å². The second-order valence-corrected chi connectivity index (χ2v) is 5.69. The Morgan fingerprint density at radius 2 is 2.24 bits per heavy atom. The van der Waals surface area contributed by atoms with Gasteiger partial charge in [-0.1, -0.05) is 12.1 Å². The molecule has 1 fully saturated rings. The topological polar surface area (TPSA) is 89.9 Å². The Bertz CT molecular complexity index is 562. The van der Waals surface area contributed by atoms with Gasteiger partial charge in [0, 0.05) is 18.2 Å². The van der Waals surface area contributed by atoms with E-state index in [9.17, 15) is 19.8 Å². The Morgan fingerprint density at radius 1 is 1.52 bits per heavy atom. The fraction of sp³-hybridized carbons (Fsp3) is 0.429. The van der Waals surface area contributed by atoms with Gasteiger partial charge < -0.3 is 24.6 Å². The van der Waals surface area contributed by atoms with Crippen LogP contribution >= 0.6 is 11.8 Å². The smallest absolute Gasteiger partial charge is 0.221 e. The van der Waals surface area contributed by atoms with E-state index in [1.165, 1.54) is 23.6 Å². The van der Waals surface area contributed by atoms with Gasteiger partial charge in [-0.15, -0.1) is 11.8 Å². The molecule has 2 atom stereocenters. The molecule has 0 aliphatic carbocycles. The minimum Gasteiger partial charge on any atom is -0.548 e. The van der Waals surface area contributed by atoms with Gasteiger partial charge in [0.1, 0.15) is 5.37 Å². The lowest BCUT2D eigenvalue weighted by Gasteiger charge is -2.29. The van der Waals surface area contributed by atoms with Gasteiger partial charge in [0.05, 0.1) is 18.6 Å². The normalized spacial score (nSPS) is 21.3. The van der Waals surface area contributed by atoms with Crippen LogP contribution in [0.4, 0.5) is 0 Å². The van der Waals surface area contributed by atoms with Crippen molar-refractivity contribution in [1.82, 2.24) is 4.90 Å². The van der Waals surface area contributed by atoms with Crippen LogP contribution in [0.2, 0.25) is 0 Å². The second kappa shape index (κ2) is 6.26. The molecule has 6 nitrogen and oxygen atoms in total. The maximum atomic E-state index is 11.8. The van der Waals surface area contributed by atoms with Crippen LogP contribution in [-0.4, -0.2) is 40.3 Å². The minimum absolute atomic E-state index is 0.0675. The Hall–Kier alpha value is -1.89. The molecule has 1 saturated heterocycles. The highest BCUT2D eigenvalue weighted by molar-refractivity contribution is 7.99. The number of carboxylic acids is 1. The average molecular weight is 310 g/mol. The summed E-state index contributed by atoms with van der Waals surface area (Å²) in [5.74, 6) is -1.19. The van der Waals surface area contributed by atoms with Gasteiger partial charge in [0.2, 0.25) is 5.91 Å². The lowest BCUT2D eigenvalue weighted by Crippen LogP contribution is -2.48. The molecular weight excluding hydrogens is 294 g/mol. The van der Waals surface area contributed by atoms with E-state index in [-0.39, 0.29) is 17.4 Å². The van der Waals surface area contributed by atoms with E-state index in [1.807, 2.05) is 0 Å². The van der Waals surface area contributed by atoms with E-state index in [1.54, 1.807) is 25.1 Å². The van der Waals surface area contributed by atoms with Crippen molar-refractivity contribution in [3.63, 3.8) is 0 Å². The third-order valence-corrected chi connectivity index (χ3v) is 4.54. The number of carbonyl (C=O) groups excluding carboxylic acids is 2. The highest BCUT2D eigenvalue weighted by atomic mass is 32.2. The first kappa shape index (κ1) is 15.5. The van der Waals surface area contributed by atoms with E-state index in [0.29, 0.717) is 17.9 Å². The molecule has 0 bridgehead atoms. The number of nitrogens with zero attached hydrogens (tertiary/aromatic N) is 1. The number of ether oxygens (including phenoxy) is 1. The maximum Gasteiger partial charge on any atom is 0.221 e. The molecule has 21 heavy (non-hydrogen) atoms. The van der Waals surface area contributed by atoms with Crippen LogP contribution in [0.25, 0.3) is 0 Å². The summed E-state index contributed by atoms with van der Waals surface area (Å²) in [6.07, 6.45) is 0. The zero-order valence-electron chi connectivity index (χ0n) is 11.7. The van der Waals surface area contributed by atoms with Gasteiger partial charge in [0.25, 0.3) is 0 Å². The van der Waals surface area contributed by atoms with E-state index in [2.05, 4.69) is 0 Å². The van der Waals surface area contributed by atoms with Crippen molar-refractivity contribution in [2.45, 2.75) is 25.3 Å². The molecule has 0 spiro atoms. The quantitative estimate of drug-likeness (QED) is 0.871. The molecule has 0 aromatic heterocycles. The van der Waals surface area contributed by atoms with Gasteiger partial charge >= 0.3 is 0 Å². The number of hydrogen-bond acceptors (Lipinski definition) is 6. The number of carbonyl (C=O) groups is 2. The number of aliphatic carboxylic acids is 1. The van der Waals surface area contributed by atoms with Gasteiger partial charge in [0.15, 0.2) is 11.5 Å².